The van der Waals surface area contributed by atoms with E-state index in [9.17, 15) is 9.59 Å². The Bertz CT molecular complexity index is 958. The van der Waals surface area contributed by atoms with Gasteiger partial charge in [-0.1, -0.05) is 30.3 Å². The fourth-order valence-corrected chi connectivity index (χ4v) is 4.31. The fraction of sp³-hybridized carbons (Fsp3) is 0.304. The second-order valence-electron chi connectivity index (χ2n) is 7.28. The zero-order valence-corrected chi connectivity index (χ0v) is 16.8. The predicted octanol–water partition coefficient (Wildman–Crippen LogP) is 5.16. The molecule has 0 saturated carbocycles. The van der Waals surface area contributed by atoms with Gasteiger partial charge in [0.15, 0.2) is 11.6 Å². The molecule has 0 fully saturated rings. The highest BCUT2D eigenvalue weighted by Crippen LogP contribution is 2.37. The molecule has 4 nitrogen and oxygen atoms in total. The van der Waals surface area contributed by atoms with E-state index < -0.39 is 0 Å². The van der Waals surface area contributed by atoms with Crippen LogP contribution in [-0.2, 0) is 0 Å². The number of H-pyrrole nitrogens is 2. The smallest absolute Gasteiger partial charge is 0.161 e. The predicted molar refractivity (Wildman–Crippen MR) is 108 cm³/mol. The molecule has 0 radical (unpaired) electrons. The molecule has 140 valence electrons. The number of nitrogens with one attached hydrogen (secondary N) is 2. The first-order chi connectivity index (χ1) is 12.7. The highest BCUT2D eigenvalue weighted by molar-refractivity contribution is 5.98. The summed E-state index contributed by atoms with van der Waals surface area (Å²) < 4.78 is 0. The van der Waals surface area contributed by atoms with Gasteiger partial charge in [-0.2, -0.15) is 0 Å². The summed E-state index contributed by atoms with van der Waals surface area (Å²) >= 11 is 0. The number of carbonyl (C=O) groups is 2. The van der Waals surface area contributed by atoms with Crippen molar-refractivity contribution in [3.05, 3.63) is 80.9 Å². The van der Waals surface area contributed by atoms with E-state index in [0.717, 1.165) is 50.6 Å². The number of aryl methyl sites for hydroxylation is 2. The minimum absolute atomic E-state index is 0.0584. The molecule has 0 aliphatic carbocycles. The van der Waals surface area contributed by atoms with Crippen molar-refractivity contribution in [2.75, 3.05) is 0 Å². The third kappa shape index (κ3) is 3.16. The van der Waals surface area contributed by atoms with Crippen LogP contribution in [0.3, 0.4) is 0 Å². The number of aromatic amines is 2. The summed E-state index contributed by atoms with van der Waals surface area (Å²) in [7, 11) is 0. The van der Waals surface area contributed by atoms with E-state index in [1.54, 1.807) is 13.8 Å². The number of Topliss-reactive ketones (excluding diaryl/α,β-unsaturated/α-hetero) is 2. The van der Waals surface area contributed by atoms with E-state index in [2.05, 4.69) is 22.1 Å². The quantitative estimate of drug-likeness (QED) is 0.616. The third-order valence-electron chi connectivity index (χ3n) is 5.37. The molecule has 0 saturated heterocycles. The molecular formula is C23H26N2O2. The topological polar surface area (TPSA) is 65.7 Å². The van der Waals surface area contributed by atoms with Gasteiger partial charge in [-0.3, -0.25) is 9.59 Å². The monoisotopic (exact) mass is 362 g/mol. The molecule has 2 N–H and O–H groups in total. The SMILES string of the molecule is CC(=O)c1c(C)[nH]c(C(c2ccccc2)c2[nH]c(C)c(C(C)=O)c2C)c1C. The zero-order chi connectivity index (χ0) is 19.9. The van der Waals surface area contributed by atoms with Gasteiger partial charge in [0.05, 0.1) is 5.92 Å². The molecule has 2 heterocycles. The van der Waals surface area contributed by atoms with Crippen LogP contribution in [0.2, 0.25) is 0 Å². The van der Waals surface area contributed by atoms with Crippen molar-refractivity contribution in [1.82, 2.24) is 9.97 Å². The van der Waals surface area contributed by atoms with Gasteiger partial charge in [0.1, 0.15) is 0 Å². The zero-order valence-electron chi connectivity index (χ0n) is 16.8. The average molecular weight is 362 g/mol. The summed E-state index contributed by atoms with van der Waals surface area (Å²) in [6.07, 6.45) is 0. The van der Waals surface area contributed by atoms with E-state index in [-0.39, 0.29) is 17.5 Å². The lowest BCUT2D eigenvalue weighted by Crippen LogP contribution is -2.08. The second kappa shape index (κ2) is 7.03. The van der Waals surface area contributed by atoms with E-state index in [1.807, 2.05) is 45.9 Å². The molecule has 3 aromatic rings. The Balaban J connectivity index is 2.31. The summed E-state index contributed by atoms with van der Waals surface area (Å²) in [6, 6.07) is 10.2. The fourth-order valence-electron chi connectivity index (χ4n) is 4.31. The van der Waals surface area contributed by atoms with Gasteiger partial charge in [-0.25, -0.2) is 0 Å². The normalized spacial score (nSPS) is 11.2. The van der Waals surface area contributed by atoms with Crippen LogP contribution in [0.1, 0.15) is 79.9 Å². The van der Waals surface area contributed by atoms with Crippen LogP contribution in [0, 0.1) is 27.7 Å². The van der Waals surface area contributed by atoms with E-state index in [4.69, 9.17) is 0 Å². The van der Waals surface area contributed by atoms with E-state index in [0.29, 0.717) is 0 Å². The molecule has 0 bridgehead atoms. The van der Waals surface area contributed by atoms with Gasteiger partial charge < -0.3 is 9.97 Å². The van der Waals surface area contributed by atoms with Crippen LogP contribution in [0.4, 0.5) is 0 Å². The van der Waals surface area contributed by atoms with Gasteiger partial charge in [-0.15, -0.1) is 0 Å². The lowest BCUT2D eigenvalue weighted by atomic mass is 9.87. The molecule has 0 aliphatic rings. The third-order valence-corrected chi connectivity index (χ3v) is 5.37. The van der Waals surface area contributed by atoms with Crippen molar-refractivity contribution >= 4 is 11.6 Å². The van der Waals surface area contributed by atoms with Crippen LogP contribution < -0.4 is 0 Å². The van der Waals surface area contributed by atoms with Gasteiger partial charge in [0.25, 0.3) is 0 Å². The minimum Gasteiger partial charge on any atom is -0.361 e. The molecule has 0 spiro atoms. The molecule has 1 aromatic carbocycles. The number of aromatic nitrogens is 2. The van der Waals surface area contributed by atoms with Gasteiger partial charge in [0.2, 0.25) is 0 Å². The number of rotatable bonds is 5. The van der Waals surface area contributed by atoms with E-state index in [1.165, 1.54) is 0 Å². The molecule has 27 heavy (non-hydrogen) atoms. The Labute approximate surface area is 160 Å². The van der Waals surface area contributed by atoms with Crippen LogP contribution in [-0.4, -0.2) is 21.5 Å². The minimum atomic E-state index is -0.107. The Morgan fingerprint density at radius 2 is 1.15 bits per heavy atom. The van der Waals surface area contributed by atoms with Crippen molar-refractivity contribution in [3.63, 3.8) is 0 Å². The number of carbonyl (C=O) groups excluding carboxylic acids is 2. The average Bonchev–Trinajstić information content (AvgIpc) is 3.05. The Kier molecular flexibility index (Phi) is 4.92. The largest absolute Gasteiger partial charge is 0.361 e. The highest BCUT2D eigenvalue weighted by atomic mass is 16.1. The summed E-state index contributed by atoms with van der Waals surface area (Å²) in [6.45, 7) is 11.0. The second-order valence-corrected chi connectivity index (χ2v) is 7.28. The summed E-state index contributed by atoms with van der Waals surface area (Å²) in [5, 5.41) is 0. The van der Waals surface area contributed by atoms with Crippen LogP contribution >= 0.6 is 0 Å². The standard InChI is InChI=1S/C23H26N2O2/c1-12-19(16(5)26)14(3)24-22(12)21(18-10-8-7-9-11-18)23-13(2)20(17(6)27)15(4)25-23/h7-11,21,24-25H,1-6H3. The van der Waals surface area contributed by atoms with Crippen molar-refractivity contribution < 1.29 is 9.59 Å². The lowest BCUT2D eigenvalue weighted by molar-refractivity contribution is 0.100. The van der Waals surface area contributed by atoms with Crippen molar-refractivity contribution in [1.29, 1.82) is 0 Å². The molecule has 4 heteroatoms. The van der Waals surface area contributed by atoms with Crippen LogP contribution in [0.25, 0.3) is 0 Å². The first-order valence-corrected chi connectivity index (χ1v) is 9.18. The number of hydrogen-bond donors (Lipinski definition) is 2. The highest BCUT2D eigenvalue weighted by Gasteiger charge is 2.28. The van der Waals surface area contributed by atoms with Crippen molar-refractivity contribution in [2.45, 2.75) is 47.5 Å². The molecule has 2 aromatic heterocycles. The van der Waals surface area contributed by atoms with Gasteiger partial charge in [0, 0.05) is 33.9 Å². The Hall–Kier alpha value is -2.88. The molecule has 0 atom stereocenters. The summed E-state index contributed by atoms with van der Waals surface area (Å²) in [5.41, 5.74) is 8.27. The number of ketones is 2. The number of hydrogen-bond acceptors (Lipinski definition) is 2. The first-order valence-electron chi connectivity index (χ1n) is 9.18. The molecule has 0 amide bonds. The van der Waals surface area contributed by atoms with Crippen LogP contribution in [0.5, 0.6) is 0 Å². The van der Waals surface area contributed by atoms with Crippen LogP contribution in [0.15, 0.2) is 30.3 Å². The molecular weight excluding hydrogens is 336 g/mol. The van der Waals surface area contributed by atoms with E-state index >= 15 is 0 Å². The molecule has 3 rings (SSSR count). The van der Waals surface area contributed by atoms with Gasteiger partial charge in [-0.05, 0) is 58.2 Å². The Morgan fingerprint density at radius 3 is 1.48 bits per heavy atom. The van der Waals surface area contributed by atoms with Gasteiger partial charge >= 0.3 is 0 Å². The van der Waals surface area contributed by atoms with Crippen molar-refractivity contribution in [2.24, 2.45) is 0 Å². The molecule has 0 unspecified atom stereocenters. The summed E-state index contributed by atoms with van der Waals surface area (Å²) in [5.74, 6) is 0.0102. The van der Waals surface area contributed by atoms with Crippen molar-refractivity contribution in [3.8, 4) is 0 Å². The summed E-state index contributed by atoms with van der Waals surface area (Å²) in [4.78, 5) is 31.2. The maximum atomic E-state index is 12.1. The first kappa shape index (κ1) is 18.9. The lowest BCUT2D eigenvalue weighted by Gasteiger charge is -2.18. The number of benzene rings is 1. The molecule has 0 aliphatic heterocycles. The Morgan fingerprint density at radius 1 is 0.741 bits per heavy atom. The maximum Gasteiger partial charge on any atom is 0.161 e. The maximum absolute atomic E-state index is 12.1.